The van der Waals surface area contributed by atoms with Gasteiger partial charge in [0, 0.05) is 26.2 Å². The monoisotopic (exact) mass is 390 g/mol. The molecular weight excluding hydrogens is 364 g/mol. The van der Waals surface area contributed by atoms with Crippen LogP contribution in [0.3, 0.4) is 0 Å². The number of morpholine rings is 1. The van der Waals surface area contributed by atoms with E-state index in [1.165, 1.54) is 4.68 Å². The number of anilines is 1. The highest BCUT2D eigenvalue weighted by Crippen LogP contribution is 2.16. The van der Waals surface area contributed by atoms with E-state index < -0.39 is 0 Å². The van der Waals surface area contributed by atoms with Gasteiger partial charge in [0.15, 0.2) is 0 Å². The van der Waals surface area contributed by atoms with Gasteiger partial charge in [-0.25, -0.2) is 4.68 Å². The van der Waals surface area contributed by atoms with E-state index in [-0.39, 0.29) is 22.8 Å². The van der Waals surface area contributed by atoms with Gasteiger partial charge in [-0.2, -0.15) is 5.10 Å². The minimum atomic E-state index is -0.277. The average Bonchev–Trinajstić information content (AvgIpc) is 2.64. The number of halogens is 1. The lowest BCUT2D eigenvalue weighted by atomic mass is 10.2. The maximum Gasteiger partial charge on any atom is 0.287 e. The second kappa shape index (κ2) is 9.35. The summed E-state index contributed by atoms with van der Waals surface area (Å²) in [6, 6.07) is 9.74. The van der Waals surface area contributed by atoms with E-state index in [0.717, 1.165) is 38.2 Å². The molecule has 6 nitrogen and oxygen atoms in total. The first-order valence-electron chi connectivity index (χ1n) is 9.44. The largest absolute Gasteiger partial charge is 0.382 e. The molecule has 2 unspecified atom stereocenters. The lowest BCUT2D eigenvalue weighted by molar-refractivity contribution is -0.0678. The van der Waals surface area contributed by atoms with Crippen molar-refractivity contribution < 1.29 is 4.74 Å². The van der Waals surface area contributed by atoms with Crippen LogP contribution in [0, 0.1) is 0 Å². The number of rotatable bonds is 7. The highest BCUT2D eigenvalue weighted by atomic mass is 35.5. The van der Waals surface area contributed by atoms with E-state index in [2.05, 4.69) is 29.2 Å². The second-order valence-electron chi connectivity index (χ2n) is 7.12. The minimum absolute atomic E-state index is 0.189. The molecule has 0 aliphatic carbocycles. The molecule has 2 atom stereocenters. The van der Waals surface area contributed by atoms with Crippen LogP contribution in [0.25, 0.3) is 0 Å². The fourth-order valence-electron chi connectivity index (χ4n) is 3.45. The number of nitrogens with one attached hydrogen (secondary N) is 1. The van der Waals surface area contributed by atoms with Crippen molar-refractivity contribution in [3.8, 4) is 0 Å². The molecule has 1 saturated heterocycles. The summed E-state index contributed by atoms with van der Waals surface area (Å²) >= 11 is 6.27. The Morgan fingerprint density at radius 3 is 2.63 bits per heavy atom. The first kappa shape index (κ1) is 19.9. The van der Waals surface area contributed by atoms with Gasteiger partial charge in [-0.15, -0.1) is 0 Å². The maximum atomic E-state index is 12.5. The van der Waals surface area contributed by atoms with Crippen LogP contribution in [0.2, 0.25) is 5.02 Å². The van der Waals surface area contributed by atoms with Crippen molar-refractivity contribution in [2.24, 2.45) is 0 Å². The Kier molecular flexibility index (Phi) is 6.88. The highest BCUT2D eigenvalue weighted by Gasteiger charge is 2.21. The van der Waals surface area contributed by atoms with Crippen molar-refractivity contribution in [1.29, 1.82) is 0 Å². The van der Waals surface area contributed by atoms with Crippen LogP contribution >= 0.6 is 11.6 Å². The SMILES string of the molecule is CC1CN(CCCNc2cnn(Cc3ccccc3)c(=O)c2Cl)CC(C)O1. The molecule has 1 fully saturated rings. The van der Waals surface area contributed by atoms with Gasteiger partial charge in [0.25, 0.3) is 5.56 Å². The first-order chi connectivity index (χ1) is 13.0. The van der Waals surface area contributed by atoms with E-state index in [4.69, 9.17) is 16.3 Å². The zero-order valence-corrected chi connectivity index (χ0v) is 16.7. The van der Waals surface area contributed by atoms with Crippen LogP contribution in [0.1, 0.15) is 25.8 Å². The Bertz CT molecular complexity index is 786. The van der Waals surface area contributed by atoms with Gasteiger partial charge < -0.3 is 10.1 Å². The van der Waals surface area contributed by atoms with Gasteiger partial charge in [-0.05, 0) is 25.8 Å². The molecule has 2 aromatic rings. The summed E-state index contributed by atoms with van der Waals surface area (Å²) in [5.74, 6) is 0. The van der Waals surface area contributed by atoms with Crippen molar-refractivity contribution in [2.45, 2.75) is 39.0 Å². The molecule has 0 bridgehead atoms. The summed E-state index contributed by atoms with van der Waals surface area (Å²) in [6.07, 6.45) is 3.14. The predicted octanol–water partition coefficient (Wildman–Crippen LogP) is 2.86. The van der Waals surface area contributed by atoms with E-state index >= 15 is 0 Å². The van der Waals surface area contributed by atoms with Crippen molar-refractivity contribution in [2.75, 3.05) is 31.5 Å². The van der Waals surface area contributed by atoms with Crippen LogP contribution in [0.4, 0.5) is 5.69 Å². The standard InChI is InChI=1S/C20H27ClN4O2/c1-15-12-24(13-16(2)27-15)10-6-9-22-18-11-23-25(20(26)19(18)21)14-17-7-4-3-5-8-17/h3-5,7-8,11,15-16,22H,6,9-10,12-14H2,1-2H3. The Balaban J connectivity index is 1.52. The van der Waals surface area contributed by atoms with Gasteiger partial charge >= 0.3 is 0 Å². The number of benzene rings is 1. The third-order valence-electron chi connectivity index (χ3n) is 4.62. The molecule has 27 heavy (non-hydrogen) atoms. The van der Waals surface area contributed by atoms with Gasteiger partial charge in [0.05, 0.1) is 30.6 Å². The Labute approximate surface area is 165 Å². The molecule has 1 aromatic carbocycles. The van der Waals surface area contributed by atoms with Crippen LogP contribution in [-0.4, -0.2) is 53.1 Å². The van der Waals surface area contributed by atoms with Gasteiger partial charge in [-0.3, -0.25) is 9.69 Å². The zero-order chi connectivity index (χ0) is 19.2. The Morgan fingerprint density at radius 2 is 1.93 bits per heavy atom. The molecule has 0 amide bonds. The molecule has 146 valence electrons. The Hall–Kier alpha value is -1.89. The number of ether oxygens (including phenoxy) is 1. The molecule has 7 heteroatoms. The second-order valence-corrected chi connectivity index (χ2v) is 7.50. The van der Waals surface area contributed by atoms with Crippen molar-refractivity contribution >= 4 is 17.3 Å². The summed E-state index contributed by atoms with van der Waals surface area (Å²) in [6.45, 7) is 8.27. The molecule has 0 spiro atoms. The molecule has 1 N–H and O–H groups in total. The third-order valence-corrected chi connectivity index (χ3v) is 4.99. The fourth-order valence-corrected chi connectivity index (χ4v) is 3.66. The summed E-state index contributed by atoms with van der Waals surface area (Å²) < 4.78 is 7.14. The summed E-state index contributed by atoms with van der Waals surface area (Å²) in [5, 5.41) is 7.68. The van der Waals surface area contributed by atoms with Gasteiger partial charge in [-0.1, -0.05) is 41.9 Å². The summed E-state index contributed by atoms with van der Waals surface area (Å²) in [5.41, 5.74) is 1.33. The molecule has 2 heterocycles. The van der Waals surface area contributed by atoms with E-state index in [0.29, 0.717) is 12.2 Å². The average molecular weight is 391 g/mol. The Morgan fingerprint density at radius 1 is 1.22 bits per heavy atom. The number of aromatic nitrogens is 2. The lowest BCUT2D eigenvalue weighted by Crippen LogP contribution is -2.45. The van der Waals surface area contributed by atoms with E-state index in [1.54, 1.807) is 6.20 Å². The van der Waals surface area contributed by atoms with Crippen LogP contribution in [0.5, 0.6) is 0 Å². The van der Waals surface area contributed by atoms with Crippen molar-refractivity contribution in [3.63, 3.8) is 0 Å². The van der Waals surface area contributed by atoms with Crippen LogP contribution in [0.15, 0.2) is 41.3 Å². The van der Waals surface area contributed by atoms with Crippen LogP contribution < -0.4 is 10.9 Å². The van der Waals surface area contributed by atoms with Gasteiger partial charge in [0.2, 0.25) is 0 Å². The van der Waals surface area contributed by atoms with Gasteiger partial charge in [0.1, 0.15) is 5.02 Å². The molecular formula is C20H27ClN4O2. The summed E-state index contributed by atoms with van der Waals surface area (Å²) in [4.78, 5) is 14.9. The van der Waals surface area contributed by atoms with Crippen molar-refractivity contribution in [3.05, 3.63) is 57.5 Å². The smallest absolute Gasteiger partial charge is 0.287 e. The molecule has 0 radical (unpaired) electrons. The molecule has 1 aliphatic rings. The first-order valence-corrected chi connectivity index (χ1v) is 9.82. The molecule has 1 aliphatic heterocycles. The normalized spacial score (nSPS) is 20.6. The summed E-state index contributed by atoms with van der Waals surface area (Å²) in [7, 11) is 0. The number of hydrogen-bond acceptors (Lipinski definition) is 5. The third kappa shape index (κ3) is 5.54. The fraction of sp³-hybridized carbons (Fsp3) is 0.500. The van der Waals surface area contributed by atoms with Crippen LogP contribution in [-0.2, 0) is 11.3 Å². The maximum absolute atomic E-state index is 12.5. The zero-order valence-electron chi connectivity index (χ0n) is 15.9. The van der Waals surface area contributed by atoms with E-state index in [1.807, 2.05) is 30.3 Å². The number of hydrogen-bond donors (Lipinski definition) is 1. The minimum Gasteiger partial charge on any atom is -0.382 e. The van der Waals surface area contributed by atoms with E-state index in [9.17, 15) is 4.79 Å². The molecule has 3 rings (SSSR count). The molecule has 0 saturated carbocycles. The lowest BCUT2D eigenvalue weighted by Gasteiger charge is -2.35. The topological polar surface area (TPSA) is 59.4 Å². The quantitative estimate of drug-likeness (QED) is 0.736. The predicted molar refractivity (Wildman–Crippen MR) is 109 cm³/mol. The number of nitrogens with zero attached hydrogens (tertiary/aromatic N) is 3. The highest BCUT2D eigenvalue weighted by molar-refractivity contribution is 6.32. The molecule has 1 aromatic heterocycles. The van der Waals surface area contributed by atoms with Crippen molar-refractivity contribution in [1.82, 2.24) is 14.7 Å².